The Bertz CT molecular complexity index is 352. The van der Waals surface area contributed by atoms with Gasteiger partial charge in [0.2, 0.25) is 0 Å². The number of ether oxygens (including phenoxy) is 1. The van der Waals surface area contributed by atoms with E-state index in [4.69, 9.17) is 4.74 Å². The molecular formula is C12H22N4OS. The Balaban J connectivity index is 1.94. The first kappa shape index (κ1) is 13.8. The van der Waals surface area contributed by atoms with E-state index in [1.54, 1.807) is 4.68 Å². The Morgan fingerprint density at radius 3 is 3.17 bits per heavy atom. The highest BCUT2D eigenvalue weighted by molar-refractivity contribution is 7.99. The van der Waals surface area contributed by atoms with Gasteiger partial charge in [-0.1, -0.05) is 12.1 Å². The van der Waals surface area contributed by atoms with E-state index in [9.17, 15) is 0 Å². The van der Waals surface area contributed by atoms with Crippen molar-refractivity contribution < 1.29 is 4.74 Å². The van der Waals surface area contributed by atoms with Gasteiger partial charge in [-0.3, -0.25) is 4.68 Å². The van der Waals surface area contributed by atoms with Gasteiger partial charge in [-0.25, -0.2) is 0 Å². The van der Waals surface area contributed by atoms with Crippen LogP contribution < -0.4 is 5.32 Å². The molecule has 6 heteroatoms. The summed E-state index contributed by atoms with van der Waals surface area (Å²) in [6.07, 6.45) is 4.30. The van der Waals surface area contributed by atoms with Crippen molar-refractivity contribution in [2.45, 2.75) is 31.9 Å². The summed E-state index contributed by atoms with van der Waals surface area (Å²) in [4.78, 5) is 0. The van der Waals surface area contributed by atoms with Crippen LogP contribution in [0.3, 0.4) is 0 Å². The number of hydrogen-bond acceptors (Lipinski definition) is 5. The summed E-state index contributed by atoms with van der Waals surface area (Å²) >= 11 is 1.97. The molecule has 0 amide bonds. The van der Waals surface area contributed by atoms with Crippen LogP contribution >= 0.6 is 11.8 Å². The molecule has 2 atom stereocenters. The molecule has 5 nitrogen and oxygen atoms in total. The van der Waals surface area contributed by atoms with Crippen molar-refractivity contribution in [1.29, 1.82) is 0 Å². The second-order valence-electron chi connectivity index (χ2n) is 4.63. The molecule has 0 aromatic carbocycles. The quantitative estimate of drug-likeness (QED) is 0.831. The van der Waals surface area contributed by atoms with Gasteiger partial charge in [-0.05, 0) is 13.0 Å². The number of hydrogen-bond donors (Lipinski definition) is 1. The molecule has 1 aliphatic rings. The zero-order chi connectivity index (χ0) is 12.8. The van der Waals surface area contributed by atoms with Crippen LogP contribution in [0.4, 0.5) is 0 Å². The third kappa shape index (κ3) is 3.96. The molecule has 1 aromatic heterocycles. The van der Waals surface area contributed by atoms with E-state index in [0.717, 1.165) is 43.2 Å². The lowest BCUT2D eigenvalue weighted by Crippen LogP contribution is -2.46. The fourth-order valence-corrected chi connectivity index (χ4v) is 3.06. The van der Waals surface area contributed by atoms with Crippen LogP contribution in [0.5, 0.6) is 0 Å². The van der Waals surface area contributed by atoms with Gasteiger partial charge in [0, 0.05) is 37.2 Å². The zero-order valence-electron chi connectivity index (χ0n) is 11.1. The minimum Gasteiger partial charge on any atom is -0.375 e. The van der Waals surface area contributed by atoms with E-state index in [2.05, 4.69) is 22.6 Å². The predicted octanol–water partition coefficient (Wildman–Crippen LogP) is 0.858. The van der Waals surface area contributed by atoms with Crippen LogP contribution in [-0.4, -0.2) is 51.8 Å². The maximum Gasteiger partial charge on any atom is 0.0843 e. The Morgan fingerprint density at radius 2 is 2.56 bits per heavy atom. The van der Waals surface area contributed by atoms with Crippen molar-refractivity contribution in [3.8, 4) is 0 Å². The van der Waals surface area contributed by atoms with Crippen LogP contribution in [0.1, 0.15) is 19.0 Å². The van der Waals surface area contributed by atoms with E-state index >= 15 is 0 Å². The third-order valence-electron chi connectivity index (χ3n) is 3.03. The van der Waals surface area contributed by atoms with Crippen LogP contribution in [0.15, 0.2) is 6.20 Å². The summed E-state index contributed by atoms with van der Waals surface area (Å²) in [5, 5.41) is 11.7. The molecule has 2 unspecified atom stereocenters. The molecule has 1 saturated heterocycles. The molecule has 2 rings (SSSR count). The molecule has 0 saturated carbocycles. The standard InChI is InChI=1S/C12H22N4OS/c1-3-4-13-11(12-9-18-6-5-17-12)7-10-8-16(2)15-14-10/h8,11-13H,3-7,9H2,1-2H3. The summed E-state index contributed by atoms with van der Waals surface area (Å²) in [6.45, 7) is 4.07. The highest BCUT2D eigenvalue weighted by Crippen LogP contribution is 2.17. The van der Waals surface area contributed by atoms with E-state index in [1.807, 2.05) is 25.0 Å². The number of aromatic nitrogens is 3. The molecule has 1 fully saturated rings. The van der Waals surface area contributed by atoms with Crippen molar-refractivity contribution in [2.75, 3.05) is 24.7 Å². The molecule has 1 N–H and O–H groups in total. The number of aryl methyl sites for hydroxylation is 1. The summed E-state index contributed by atoms with van der Waals surface area (Å²) < 4.78 is 7.63. The van der Waals surface area contributed by atoms with E-state index in [1.165, 1.54) is 0 Å². The summed E-state index contributed by atoms with van der Waals surface area (Å²) in [5.74, 6) is 2.18. The lowest BCUT2D eigenvalue weighted by molar-refractivity contribution is 0.0469. The highest BCUT2D eigenvalue weighted by atomic mass is 32.2. The average molecular weight is 270 g/mol. The second kappa shape index (κ2) is 7.11. The maximum absolute atomic E-state index is 5.88. The summed E-state index contributed by atoms with van der Waals surface area (Å²) in [6, 6.07) is 0.342. The van der Waals surface area contributed by atoms with Crippen molar-refractivity contribution in [3.63, 3.8) is 0 Å². The molecule has 0 aliphatic carbocycles. The normalized spacial score (nSPS) is 22.0. The second-order valence-corrected chi connectivity index (χ2v) is 5.78. The maximum atomic E-state index is 5.88. The Morgan fingerprint density at radius 1 is 1.67 bits per heavy atom. The lowest BCUT2D eigenvalue weighted by atomic mass is 10.1. The minimum atomic E-state index is 0.289. The molecule has 0 bridgehead atoms. The van der Waals surface area contributed by atoms with Crippen molar-refractivity contribution >= 4 is 11.8 Å². The molecule has 1 aliphatic heterocycles. The molecule has 2 heterocycles. The summed E-state index contributed by atoms with van der Waals surface area (Å²) in [7, 11) is 1.90. The SMILES string of the molecule is CCCNC(Cc1cn(C)nn1)C1CSCCO1. The van der Waals surface area contributed by atoms with E-state index in [0.29, 0.717) is 6.04 Å². The molecule has 18 heavy (non-hydrogen) atoms. The van der Waals surface area contributed by atoms with Gasteiger partial charge >= 0.3 is 0 Å². The van der Waals surface area contributed by atoms with Crippen LogP contribution in [0, 0.1) is 0 Å². The predicted molar refractivity (Wildman–Crippen MR) is 73.9 cm³/mol. The van der Waals surface area contributed by atoms with Gasteiger partial charge in [-0.15, -0.1) is 5.10 Å². The largest absolute Gasteiger partial charge is 0.375 e. The topological polar surface area (TPSA) is 52.0 Å². The Labute approximate surface area is 113 Å². The van der Waals surface area contributed by atoms with Crippen LogP contribution in [0.25, 0.3) is 0 Å². The van der Waals surface area contributed by atoms with Gasteiger partial charge in [-0.2, -0.15) is 11.8 Å². The first-order valence-electron chi connectivity index (χ1n) is 6.57. The smallest absolute Gasteiger partial charge is 0.0843 e. The van der Waals surface area contributed by atoms with Crippen molar-refractivity contribution in [2.24, 2.45) is 7.05 Å². The van der Waals surface area contributed by atoms with Crippen molar-refractivity contribution in [3.05, 3.63) is 11.9 Å². The minimum absolute atomic E-state index is 0.289. The fraction of sp³-hybridized carbons (Fsp3) is 0.833. The fourth-order valence-electron chi connectivity index (χ4n) is 2.12. The van der Waals surface area contributed by atoms with Crippen LogP contribution in [-0.2, 0) is 18.2 Å². The number of nitrogens with one attached hydrogen (secondary N) is 1. The number of rotatable bonds is 6. The van der Waals surface area contributed by atoms with Gasteiger partial charge in [0.05, 0.1) is 18.4 Å². The summed E-state index contributed by atoms with van der Waals surface area (Å²) in [5.41, 5.74) is 1.03. The number of thioether (sulfide) groups is 1. The molecule has 102 valence electrons. The average Bonchev–Trinajstić information content (AvgIpc) is 2.81. The van der Waals surface area contributed by atoms with Gasteiger partial charge < -0.3 is 10.1 Å². The third-order valence-corrected chi connectivity index (χ3v) is 4.05. The first-order valence-corrected chi connectivity index (χ1v) is 7.73. The first-order chi connectivity index (χ1) is 8.79. The molecule has 0 spiro atoms. The Hall–Kier alpha value is -0.590. The molecule has 1 aromatic rings. The Kier molecular flexibility index (Phi) is 5.46. The lowest BCUT2D eigenvalue weighted by Gasteiger charge is -2.30. The molecule has 0 radical (unpaired) electrons. The monoisotopic (exact) mass is 270 g/mol. The van der Waals surface area contributed by atoms with Gasteiger partial charge in [0.15, 0.2) is 0 Å². The number of nitrogens with zero attached hydrogens (tertiary/aromatic N) is 3. The van der Waals surface area contributed by atoms with Gasteiger partial charge in [0.1, 0.15) is 0 Å². The highest BCUT2D eigenvalue weighted by Gasteiger charge is 2.25. The van der Waals surface area contributed by atoms with Crippen LogP contribution in [0.2, 0.25) is 0 Å². The molecular weight excluding hydrogens is 248 g/mol. The van der Waals surface area contributed by atoms with Crippen molar-refractivity contribution in [1.82, 2.24) is 20.3 Å². The van der Waals surface area contributed by atoms with Gasteiger partial charge in [0.25, 0.3) is 0 Å². The van der Waals surface area contributed by atoms with E-state index < -0.39 is 0 Å². The zero-order valence-corrected chi connectivity index (χ0v) is 11.9. The van der Waals surface area contributed by atoms with E-state index in [-0.39, 0.29) is 6.10 Å².